The summed E-state index contributed by atoms with van der Waals surface area (Å²) < 4.78 is 11.6. The first kappa shape index (κ1) is 21.7. The summed E-state index contributed by atoms with van der Waals surface area (Å²) in [7, 11) is 0. The zero-order valence-electron chi connectivity index (χ0n) is 20.2. The molecule has 172 valence electrons. The lowest BCUT2D eigenvalue weighted by molar-refractivity contribution is -0.187. The van der Waals surface area contributed by atoms with Crippen molar-refractivity contribution in [1.82, 2.24) is 0 Å². The summed E-state index contributed by atoms with van der Waals surface area (Å²) in [4.78, 5) is 25.2. The van der Waals surface area contributed by atoms with E-state index in [9.17, 15) is 9.59 Å². The van der Waals surface area contributed by atoms with Crippen molar-refractivity contribution in [2.75, 3.05) is 0 Å². The lowest BCUT2D eigenvalue weighted by atomic mass is 9.38. The van der Waals surface area contributed by atoms with Crippen molar-refractivity contribution in [3.05, 3.63) is 48.0 Å². The fourth-order valence-corrected chi connectivity index (χ4v) is 8.60. The fraction of sp³-hybridized carbons (Fsp3) is 0.643. The number of hydrogen-bond donors (Lipinski definition) is 0. The Kier molecular flexibility index (Phi) is 4.56. The summed E-state index contributed by atoms with van der Waals surface area (Å²) in [6.45, 7) is 12.8. The van der Waals surface area contributed by atoms with Crippen molar-refractivity contribution >= 4 is 11.8 Å². The second kappa shape index (κ2) is 6.71. The molecular formula is C28H36O4. The van der Waals surface area contributed by atoms with E-state index in [-0.39, 0.29) is 40.0 Å². The van der Waals surface area contributed by atoms with Gasteiger partial charge in [0.05, 0.1) is 12.5 Å². The highest BCUT2D eigenvalue weighted by Crippen LogP contribution is 2.72. The average molecular weight is 437 g/mol. The van der Waals surface area contributed by atoms with Gasteiger partial charge in [-0.2, -0.15) is 0 Å². The van der Waals surface area contributed by atoms with Crippen LogP contribution in [-0.4, -0.2) is 17.9 Å². The van der Waals surface area contributed by atoms with Crippen LogP contribution in [0.1, 0.15) is 78.7 Å². The standard InChI is InChI=1S/C28H36O4/c1-17(29)32-24-15-22-25(2,3)23(30)10-13-27(22,5)21-9-12-26(4)19(18-11-14-31-16-18)7-8-20(26)28(21,24)6/h8,10-11,13-14,16,19,21-22,24H,7,9,12,15H2,1-6H3/t19-,21+,22+,24+,26-,27+,28-/m0/s1. The van der Waals surface area contributed by atoms with Crippen molar-refractivity contribution < 1.29 is 18.7 Å². The van der Waals surface area contributed by atoms with Crippen LogP contribution in [0.2, 0.25) is 0 Å². The molecule has 0 bridgehead atoms. The van der Waals surface area contributed by atoms with Crippen LogP contribution in [0.25, 0.3) is 0 Å². The molecule has 7 atom stereocenters. The maximum atomic E-state index is 12.9. The van der Waals surface area contributed by atoms with E-state index in [0.717, 1.165) is 25.7 Å². The second-order valence-electron chi connectivity index (χ2n) is 11.9. The summed E-state index contributed by atoms with van der Waals surface area (Å²) in [5.41, 5.74) is 1.88. The summed E-state index contributed by atoms with van der Waals surface area (Å²) in [6.07, 6.45) is 13.7. The van der Waals surface area contributed by atoms with Crippen LogP contribution in [0.5, 0.6) is 0 Å². The van der Waals surface area contributed by atoms with E-state index >= 15 is 0 Å². The van der Waals surface area contributed by atoms with Gasteiger partial charge in [0.25, 0.3) is 0 Å². The molecule has 5 rings (SSSR count). The molecule has 0 aliphatic heterocycles. The molecule has 1 aromatic heterocycles. The molecule has 0 spiro atoms. The number of allylic oxidation sites excluding steroid dienone is 3. The first-order valence-corrected chi connectivity index (χ1v) is 12.1. The molecule has 0 N–H and O–H groups in total. The van der Waals surface area contributed by atoms with Crippen LogP contribution >= 0.6 is 0 Å². The van der Waals surface area contributed by atoms with Gasteiger partial charge in [-0.25, -0.2) is 0 Å². The van der Waals surface area contributed by atoms with Crippen LogP contribution in [0, 0.1) is 33.5 Å². The topological polar surface area (TPSA) is 56.5 Å². The number of ketones is 1. The molecule has 32 heavy (non-hydrogen) atoms. The van der Waals surface area contributed by atoms with E-state index in [1.807, 2.05) is 12.3 Å². The smallest absolute Gasteiger partial charge is 0.302 e. The van der Waals surface area contributed by atoms with Crippen LogP contribution in [0.4, 0.5) is 0 Å². The van der Waals surface area contributed by atoms with E-state index in [1.165, 1.54) is 18.1 Å². The van der Waals surface area contributed by atoms with Gasteiger partial charge >= 0.3 is 5.97 Å². The Morgan fingerprint density at radius 3 is 2.56 bits per heavy atom. The molecule has 0 amide bonds. The zero-order chi connectivity index (χ0) is 23.1. The van der Waals surface area contributed by atoms with Gasteiger partial charge in [-0.15, -0.1) is 0 Å². The van der Waals surface area contributed by atoms with E-state index in [4.69, 9.17) is 9.15 Å². The second-order valence-corrected chi connectivity index (χ2v) is 11.9. The Hall–Kier alpha value is -2.10. The number of hydrogen-bond acceptors (Lipinski definition) is 4. The summed E-state index contributed by atoms with van der Waals surface area (Å²) >= 11 is 0. The van der Waals surface area contributed by atoms with Crippen LogP contribution in [0.15, 0.2) is 46.8 Å². The largest absolute Gasteiger partial charge is 0.472 e. The predicted molar refractivity (Wildman–Crippen MR) is 123 cm³/mol. The Labute approximate surface area is 191 Å². The van der Waals surface area contributed by atoms with Crippen molar-refractivity contribution in [3.8, 4) is 0 Å². The fourth-order valence-electron chi connectivity index (χ4n) is 8.60. The summed E-state index contributed by atoms with van der Waals surface area (Å²) in [6, 6.07) is 2.10. The Morgan fingerprint density at radius 2 is 1.91 bits per heavy atom. The number of carbonyl (C=O) groups is 2. The van der Waals surface area contributed by atoms with Gasteiger partial charge in [0.2, 0.25) is 0 Å². The van der Waals surface area contributed by atoms with E-state index in [0.29, 0.717) is 11.8 Å². The number of ether oxygens (including phenoxy) is 1. The van der Waals surface area contributed by atoms with Crippen molar-refractivity contribution in [3.63, 3.8) is 0 Å². The van der Waals surface area contributed by atoms with Gasteiger partial charge in [0.15, 0.2) is 5.78 Å². The number of esters is 1. The Balaban J connectivity index is 1.64. The van der Waals surface area contributed by atoms with Crippen molar-refractivity contribution in [1.29, 1.82) is 0 Å². The molecule has 0 unspecified atom stereocenters. The first-order valence-electron chi connectivity index (χ1n) is 12.1. The zero-order valence-corrected chi connectivity index (χ0v) is 20.2. The molecule has 4 heteroatoms. The maximum absolute atomic E-state index is 12.9. The van der Waals surface area contributed by atoms with Crippen LogP contribution < -0.4 is 0 Å². The van der Waals surface area contributed by atoms with Gasteiger partial charge in [0.1, 0.15) is 6.10 Å². The maximum Gasteiger partial charge on any atom is 0.302 e. The quantitative estimate of drug-likeness (QED) is 0.407. The van der Waals surface area contributed by atoms with Crippen molar-refractivity contribution in [2.24, 2.45) is 33.5 Å². The van der Waals surface area contributed by atoms with E-state index in [1.54, 1.807) is 6.26 Å². The molecule has 1 aromatic rings. The van der Waals surface area contributed by atoms with E-state index < -0.39 is 5.41 Å². The third kappa shape index (κ3) is 2.61. The Morgan fingerprint density at radius 1 is 1.16 bits per heavy atom. The highest BCUT2D eigenvalue weighted by atomic mass is 16.5. The normalized spacial score (nSPS) is 44.3. The monoisotopic (exact) mass is 436 g/mol. The number of furan rings is 1. The molecule has 0 radical (unpaired) electrons. The van der Waals surface area contributed by atoms with Crippen molar-refractivity contribution in [2.45, 2.75) is 79.2 Å². The summed E-state index contributed by atoms with van der Waals surface area (Å²) in [5, 5.41) is 0. The highest BCUT2D eigenvalue weighted by Gasteiger charge is 2.68. The lowest BCUT2D eigenvalue weighted by Crippen LogP contribution is -2.64. The van der Waals surface area contributed by atoms with Gasteiger partial charge < -0.3 is 9.15 Å². The van der Waals surface area contributed by atoms with E-state index in [2.05, 4.69) is 52.8 Å². The molecule has 1 heterocycles. The number of fused-ring (bicyclic) bond motifs is 5. The average Bonchev–Trinajstić information content (AvgIpc) is 3.34. The number of carbonyl (C=O) groups excluding carboxylic acids is 2. The highest BCUT2D eigenvalue weighted by molar-refractivity contribution is 5.95. The van der Waals surface area contributed by atoms with Crippen LogP contribution in [-0.2, 0) is 14.3 Å². The minimum atomic E-state index is -0.465. The molecular weight excluding hydrogens is 400 g/mol. The Bertz CT molecular complexity index is 1010. The lowest BCUT2D eigenvalue weighted by Gasteiger charge is -2.66. The van der Waals surface area contributed by atoms with Crippen LogP contribution in [0.3, 0.4) is 0 Å². The SMILES string of the molecule is CC(=O)O[C@@H]1C[C@@H]2C(C)(C)C(=O)C=C[C@]2(C)[C@H]2CC[C@]3(C)C(=CC[C@H]3c3ccoc3)[C@@]21C. The van der Waals surface area contributed by atoms with Gasteiger partial charge in [-0.3, -0.25) is 9.59 Å². The predicted octanol–water partition coefficient (Wildman–Crippen LogP) is 6.24. The molecule has 4 nitrogen and oxygen atoms in total. The first-order chi connectivity index (χ1) is 15.0. The third-order valence-electron chi connectivity index (χ3n) is 10.2. The molecule has 0 saturated heterocycles. The van der Waals surface area contributed by atoms with Gasteiger partial charge in [-0.05, 0) is 72.0 Å². The molecule has 2 saturated carbocycles. The molecule has 0 aromatic carbocycles. The molecule has 4 aliphatic carbocycles. The molecule has 4 aliphatic rings. The molecule has 2 fully saturated rings. The third-order valence-corrected chi connectivity index (χ3v) is 10.2. The van der Waals surface area contributed by atoms with Gasteiger partial charge in [-0.1, -0.05) is 52.3 Å². The summed E-state index contributed by atoms with van der Waals surface area (Å²) in [5.74, 6) is 0.796. The number of rotatable bonds is 2. The minimum absolute atomic E-state index is 0.0143. The van der Waals surface area contributed by atoms with Gasteiger partial charge in [0, 0.05) is 17.8 Å². The minimum Gasteiger partial charge on any atom is -0.472 e.